The Kier molecular flexibility index (Phi) is 5.18. The molecule has 3 fully saturated rings. The Labute approximate surface area is 223 Å². The first-order valence-corrected chi connectivity index (χ1v) is 12.9. The van der Waals surface area contributed by atoms with Crippen molar-refractivity contribution in [2.45, 2.75) is 35.4 Å². The van der Waals surface area contributed by atoms with E-state index in [0.29, 0.717) is 22.4 Å². The molecule has 2 aromatic carbocycles. The number of hydrogen-bond acceptors (Lipinski definition) is 5. The zero-order chi connectivity index (χ0) is 26.4. The molecule has 9 heteroatoms. The minimum atomic E-state index is -1.91. The zero-order valence-electron chi connectivity index (χ0n) is 20.2. The summed E-state index contributed by atoms with van der Waals surface area (Å²) in [5, 5.41) is 11.1. The van der Waals surface area contributed by atoms with E-state index in [4.69, 9.17) is 23.2 Å². The number of anilines is 1. The van der Waals surface area contributed by atoms with E-state index >= 15 is 0 Å². The number of imide groups is 2. The number of alkyl halides is 2. The normalized spacial score (nSPS) is 34.9. The number of para-hydroxylation sites is 2. The first-order valence-electron chi connectivity index (χ1n) is 12.2. The number of halogens is 2. The molecule has 6 unspecified atom stereocenters. The molecule has 6 atom stereocenters. The molecule has 4 aliphatic rings. The van der Waals surface area contributed by atoms with Gasteiger partial charge in [0.15, 0.2) is 9.75 Å². The fourth-order valence-electron chi connectivity index (χ4n) is 6.84. The van der Waals surface area contributed by atoms with E-state index in [1.807, 2.05) is 6.08 Å². The Morgan fingerprint density at radius 3 is 2.32 bits per heavy atom. The monoisotopic (exact) mass is 538 g/mol. The van der Waals surface area contributed by atoms with Crippen molar-refractivity contribution in [3.63, 3.8) is 0 Å². The SMILES string of the molecule is Cc1cccc(C2C3=CCC4C(=O)N(c5ccccc5)C(=O)C4C3CC3(Cl)C(=O)N(C)C(=O)C23Cl)c1O. The van der Waals surface area contributed by atoms with Gasteiger partial charge in [-0.1, -0.05) is 48.0 Å². The molecule has 0 spiro atoms. The lowest BCUT2D eigenvalue weighted by Crippen LogP contribution is -2.60. The van der Waals surface area contributed by atoms with Crippen molar-refractivity contribution in [3.8, 4) is 5.75 Å². The topological polar surface area (TPSA) is 95.0 Å². The van der Waals surface area contributed by atoms with E-state index in [-0.39, 0.29) is 30.4 Å². The number of allylic oxidation sites excluding steroid dienone is 2. The summed E-state index contributed by atoms with van der Waals surface area (Å²) in [6, 6.07) is 13.9. The van der Waals surface area contributed by atoms with Crippen molar-refractivity contribution < 1.29 is 24.3 Å². The minimum absolute atomic E-state index is 0.0512. The molecule has 2 aliphatic carbocycles. The van der Waals surface area contributed by atoms with Crippen LogP contribution in [0.15, 0.2) is 60.2 Å². The van der Waals surface area contributed by atoms with Crippen LogP contribution in [0.25, 0.3) is 0 Å². The highest BCUT2D eigenvalue weighted by Gasteiger charge is 2.76. The molecule has 0 radical (unpaired) electrons. The van der Waals surface area contributed by atoms with Crippen LogP contribution in [0.3, 0.4) is 0 Å². The number of fused-ring (bicyclic) bond motifs is 4. The molecule has 2 saturated heterocycles. The number of aromatic hydroxyl groups is 1. The van der Waals surface area contributed by atoms with Gasteiger partial charge in [0.25, 0.3) is 11.8 Å². The Bertz CT molecular complexity index is 1420. The Morgan fingerprint density at radius 2 is 1.62 bits per heavy atom. The number of rotatable bonds is 2. The van der Waals surface area contributed by atoms with Crippen LogP contribution in [0.2, 0.25) is 0 Å². The van der Waals surface area contributed by atoms with Crippen molar-refractivity contribution in [3.05, 3.63) is 71.3 Å². The lowest BCUT2D eigenvalue weighted by atomic mass is 9.56. The molecular formula is C28H24Cl2N2O5. The fraction of sp³-hybridized carbons (Fsp3) is 0.357. The van der Waals surface area contributed by atoms with Gasteiger partial charge in [-0.05, 0) is 43.4 Å². The first kappa shape index (κ1) is 24.2. The smallest absolute Gasteiger partial charge is 0.253 e. The van der Waals surface area contributed by atoms with Crippen molar-refractivity contribution in [1.29, 1.82) is 0 Å². The number of likely N-dealkylation sites (tertiary alicyclic amines) is 1. The van der Waals surface area contributed by atoms with Crippen LogP contribution >= 0.6 is 23.2 Å². The van der Waals surface area contributed by atoms with Crippen LogP contribution < -0.4 is 4.90 Å². The molecule has 7 nitrogen and oxygen atoms in total. The van der Waals surface area contributed by atoms with Gasteiger partial charge in [0.05, 0.1) is 17.5 Å². The number of phenolic OH excluding ortho intramolecular Hbond substituents is 1. The summed E-state index contributed by atoms with van der Waals surface area (Å²) in [7, 11) is 1.34. The maximum absolute atomic E-state index is 13.8. The standard InChI is InChI=1S/C28H24Cl2N2O5/c1-14-7-6-10-18(22(14)33)21-16-11-12-17-20(24(35)32(23(17)34)15-8-4-3-5-9-15)19(16)13-27(29)25(36)31(2)26(37)28(21,27)30/h3-11,17,19-21,33H,12-13H2,1-2H3. The second-order valence-corrected chi connectivity index (χ2v) is 11.6. The number of benzene rings is 2. The molecular weight excluding hydrogens is 515 g/mol. The summed E-state index contributed by atoms with van der Waals surface area (Å²) in [6.07, 6.45) is 2.05. The second kappa shape index (κ2) is 7.92. The number of nitrogens with zero attached hydrogens (tertiary/aromatic N) is 2. The number of hydrogen-bond donors (Lipinski definition) is 1. The van der Waals surface area contributed by atoms with Crippen molar-refractivity contribution in [2.75, 3.05) is 11.9 Å². The highest BCUT2D eigenvalue weighted by molar-refractivity contribution is 6.53. The summed E-state index contributed by atoms with van der Waals surface area (Å²) in [5.74, 6) is -5.01. The molecule has 190 valence electrons. The van der Waals surface area contributed by atoms with Gasteiger partial charge < -0.3 is 5.11 Å². The summed E-state index contributed by atoms with van der Waals surface area (Å²) < 4.78 is 0. The predicted octanol–water partition coefficient (Wildman–Crippen LogP) is 3.89. The van der Waals surface area contributed by atoms with Crippen LogP contribution in [-0.2, 0) is 19.2 Å². The number of aryl methyl sites for hydroxylation is 1. The van der Waals surface area contributed by atoms with E-state index in [0.717, 1.165) is 4.90 Å². The van der Waals surface area contributed by atoms with Crippen LogP contribution in [0, 0.1) is 24.7 Å². The lowest BCUT2D eigenvalue weighted by molar-refractivity contribution is -0.138. The van der Waals surface area contributed by atoms with E-state index in [1.54, 1.807) is 55.5 Å². The van der Waals surface area contributed by atoms with E-state index < -0.39 is 45.2 Å². The maximum Gasteiger partial charge on any atom is 0.253 e. The van der Waals surface area contributed by atoms with Gasteiger partial charge in [-0.15, -0.1) is 23.2 Å². The third kappa shape index (κ3) is 2.90. The third-order valence-corrected chi connectivity index (χ3v) is 10.0. The highest BCUT2D eigenvalue weighted by Crippen LogP contribution is 2.66. The highest BCUT2D eigenvalue weighted by atomic mass is 35.5. The van der Waals surface area contributed by atoms with Crippen molar-refractivity contribution >= 4 is 52.5 Å². The van der Waals surface area contributed by atoms with E-state index in [2.05, 4.69) is 0 Å². The zero-order valence-corrected chi connectivity index (χ0v) is 21.7. The second-order valence-electron chi connectivity index (χ2n) is 10.4. The predicted molar refractivity (Wildman–Crippen MR) is 137 cm³/mol. The molecule has 6 rings (SSSR count). The van der Waals surface area contributed by atoms with Crippen LogP contribution in [-0.4, -0.2) is 50.4 Å². The minimum Gasteiger partial charge on any atom is -0.507 e. The lowest BCUT2D eigenvalue weighted by Gasteiger charge is -2.50. The first-order chi connectivity index (χ1) is 17.5. The van der Waals surface area contributed by atoms with Gasteiger partial charge in [0, 0.05) is 18.5 Å². The van der Waals surface area contributed by atoms with Gasteiger partial charge in [-0.3, -0.25) is 29.0 Å². The Hall–Kier alpha value is -3.16. The number of amides is 4. The molecule has 2 aromatic rings. The van der Waals surface area contributed by atoms with Gasteiger partial charge in [0.2, 0.25) is 11.8 Å². The summed E-state index contributed by atoms with van der Waals surface area (Å²) in [5.41, 5.74) is 2.07. The molecule has 4 amide bonds. The van der Waals surface area contributed by atoms with Gasteiger partial charge in [0.1, 0.15) is 5.75 Å². The molecule has 0 bridgehead atoms. The number of carbonyl (C=O) groups is 4. The van der Waals surface area contributed by atoms with Gasteiger partial charge in [-0.2, -0.15) is 0 Å². The van der Waals surface area contributed by atoms with Gasteiger partial charge in [-0.25, -0.2) is 0 Å². The average Bonchev–Trinajstić information content (AvgIpc) is 3.21. The van der Waals surface area contributed by atoms with Crippen LogP contribution in [0.4, 0.5) is 5.69 Å². The largest absolute Gasteiger partial charge is 0.507 e. The van der Waals surface area contributed by atoms with Gasteiger partial charge >= 0.3 is 0 Å². The van der Waals surface area contributed by atoms with Crippen molar-refractivity contribution in [1.82, 2.24) is 4.90 Å². The molecule has 2 aliphatic heterocycles. The fourth-order valence-corrected chi connectivity index (χ4v) is 7.85. The number of phenols is 1. The quantitative estimate of drug-likeness (QED) is 0.355. The average molecular weight is 539 g/mol. The molecule has 1 N–H and O–H groups in total. The van der Waals surface area contributed by atoms with E-state index in [1.165, 1.54) is 11.9 Å². The Balaban J connectivity index is 1.55. The molecule has 0 aromatic heterocycles. The van der Waals surface area contributed by atoms with Crippen LogP contribution in [0.5, 0.6) is 5.75 Å². The number of carbonyl (C=O) groups excluding carboxylic acids is 4. The summed E-state index contributed by atoms with van der Waals surface area (Å²) in [6.45, 7) is 1.73. The van der Waals surface area contributed by atoms with E-state index in [9.17, 15) is 24.3 Å². The molecule has 37 heavy (non-hydrogen) atoms. The van der Waals surface area contributed by atoms with Crippen molar-refractivity contribution in [2.24, 2.45) is 17.8 Å². The summed E-state index contributed by atoms with van der Waals surface area (Å²) in [4.78, 5) is 52.7. The third-order valence-electron chi connectivity index (χ3n) is 8.61. The summed E-state index contributed by atoms with van der Waals surface area (Å²) >= 11 is 14.2. The van der Waals surface area contributed by atoms with Crippen LogP contribution in [0.1, 0.15) is 29.9 Å². The molecule has 2 heterocycles. The molecule has 1 saturated carbocycles. The maximum atomic E-state index is 13.8. The Morgan fingerprint density at radius 1 is 0.919 bits per heavy atom.